The topological polar surface area (TPSA) is 75.7 Å². The van der Waals surface area contributed by atoms with Gasteiger partial charge in [0.2, 0.25) is 0 Å². The Morgan fingerprint density at radius 2 is 2.15 bits per heavy atom. The molecule has 2 aromatic heterocycles. The number of pyridine rings is 1. The highest BCUT2D eigenvalue weighted by molar-refractivity contribution is 8.01. The zero-order valence-corrected chi connectivity index (χ0v) is 12.9. The molecule has 1 aliphatic carbocycles. The van der Waals surface area contributed by atoms with Gasteiger partial charge in [0.05, 0.1) is 0 Å². The Hall–Kier alpha value is -1.40. The van der Waals surface area contributed by atoms with Gasteiger partial charge in [0.1, 0.15) is 10.9 Å². The van der Waals surface area contributed by atoms with Crippen LogP contribution >= 0.6 is 23.1 Å². The van der Waals surface area contributed by atoms with Crippen LogP contribution in [0.4, 0.5) is 0 Å². The molecule has 0 aromatic carbocycles. The van der Waals surface area contributed by atoms with Gasteiger partial charge in [0.15, 0.2) is 4.34 Å². The van der Waals surface area contributed by atoms with E-state index >= 15 is 0 Å². The number of thiazole rings is 1. The fourth-order valence-electron chi connectivity index (χ4n) is 2.35. The van der Waals surface area contributed by atoms with Gasteiger partial charge in [-0.1, -0.05) is 0 Å². The van der Waals surface area contributed by atoms with Gasteiger partial charge in [-0.25, -0.2) is 9.97 Å². The molecule has 1 aliphatic rings. The van der Waals surface area contributed by atoms with Gasteiger partial charge in [-0.05, 0) is 56.0 Å². The van der Waals surface area contributed by atoms with Gasteiger partial charge in [0, 0.05) is 22.3 Å². The second-order valence-electron chi connectivity index (χ2n) is 4.92. The lowest BCUT2D eigenvalue weighted by molar-refractivity contribution is 0.660. The maximum atomic E-state index is 7.77. The first-order chi connectivity index (χ1) is 9.63. The number of aryl methyl sites for hydroxylation is 3. The van der Waals surface area contributed by atoms with Gasteiger partial charge < -0.3 is 5.73 Å². The van der Waals surface area contributed by atoms with E-state index < -0.39 is 0 Å². The predicted molar refractivity (Wildman–Crippen MR) is 82.9 cm³/mol. The first kappa shape index (κ1) is 13.6. The molecule has 3 rings (SSSR count). The highest BCUT2D eigenvalue weighted by Crippen LogP contribution is 2.33. The van der Waals surface area contributed by atoms with Gasteiger partial charge in [-0.3, -0.25) is 5.41 Å². The minimum absolute atomic E-state index is 0.0849. The maximum Gasteiger partial charge on any atom is 0.156 e. The van der Waals surface area contributed by atoms with Gasteiger partial charge >= 0.3 is 0 Å². The van der Waals surface area contributed by atoms with E-state index in [1.807, 2.05) is 18.4 Å². The van der Waals surface area contributed by atoms with Gasteiger partial charge in [-0.2, -0.15) is 0 Å². The number of rotatable bonds is 3. The largest absolute Gasteiger partial charge is 0.384 e. The van der Waals surface area contributed by atoms with Crippen LogP contribution in [-0.4, -0.2) is 15.8 Å². The Morgan fingerprint density at radius 1 is 1.35 bits per heavy atom. The van der Waals surface area contributed by atoms with E-state index in [1.165, 1.54) is 30.2 Å². The lowest BCUT2D eigenvalue weighted by atomic mass is 9.95. The van der Waals surface area contributed by atoms with E-state index in [1.54, 1.807) is 11.3 Å². The summed E-state index contributed by atoms with van der Waals surface area (Å²) >= 11 is 3.11. The van der Waals surface area contributed by atoms with Crippen LogP contribution < -0.4 is 5.73 Å². The van der Waals surface area contributed by atoms with Crippen molar-refractivity contribution in [1.82, 2.24) is 9.97 Å². The van der Waals surface area contributed by atoms with Crippen LogP contribution in [0.25, 0.3) is 0 Å². The second kappa shape index (κ2) is 5.54. The number of nitrogens with zero attached hydrogens (tertiary/aromatic N) is 2. The molecule has 6 heteroatoms. The summed E-state index contributed by atoms with van der Waals surface area (Å²) in [7, 11) is 0. The first-order valence-corrected chi connectivity index (χ1v) is 8.30. The third-order valence-electron chi connectivity index (χ3n) is 3.34. The Kier molecular flexibility index (Phi) is 3.76. The second-order valence-corrected chi connectivity index (χ2v) is 7.02. The normalized spacial score (nSPS) is 14.1. The fourth-order valence-corrected chi connectivity index (χ4v) is 4.23. The number of fused-ring (bicyclic) bond motifs is 1. The minimum atomic E-state index is 0.0849. The molecular formula is C14H16N4S2. The smallest absolute Gasteiger partial charge is 0.156 e. The number of hydrogen-bond donors (Lipinski definition) is 2. The molecule has 0 amide bonds. The molecule has 0 saturated carbocycles. The molecule has 0 unspecified atom stereocenters. The molecule has 0 bridgehead atoms. The quantitative estimate of drug-likeness (QED) is 0.674. The third-order valence-corrected chi connectivity index (χ3v) is 5.40. The van der Waals surface area contributed by atoms with Crippen molar-refractivity contribution in [2.45, 2.75) is 42.0 Å². The number of hydrogen-bond acceptors (Lipinski definition) is 5. The van der Waals surface area contributed by atoms with Crippen LogP contribution in [-0.2, 0) is 12.8 Å². The van der Waals surface area contributed by atoms with Crippen molar-refractivity contribution in [2.24, 2.45) is 5.73 Å². The zero-order valence-electron chi connectivity index (χ0n) is 11.3. The average Bonchev–Trinajstić information content (AvgIpc) is 2.83. The number of nitrogen functional groups attached to an aromatic ring is 1. The summed E-state index contributed by atoms with van der Waals surface area (Å²) in [6.07, 6.45) is 4.46. The molecule has 0 radical (unpaired) electrons. The number of nitrogens with one attached hydrogen (secondary N) is 1. The number of nitrogens with two attached hydrogens (primary N) is 1. The van der Waals surface area contributed by atoms with Crippen molar-refractivity contribution in [3.63, 3.8) is 0 Å². The summed E-state index contributed by atoms with van der Waals surface area (Å²) in [6.45, 7) is 1.98. The Balaban J connectivity index is 2.01. The molecule has 0 aliphatic heterocycles. The molecule has 3 N–H and O–H groups in total. The van der Waals surface area contributed by atoms with Crippen molar-refractivity contribution >= 4 is 28.9 Å². The van der Waals surface area contributed by atoms with Crippen LogP contribution in [0.1, 0.15) is 35.4 Å². The zero-order chi connectivity index (χ0) is 14.1. The van der Waals surface area contributed by atoms with Crippen molar-refractivity contribution in [1.29, 1.82) is 5.41 Å². The standard InChI is InChI=1S/C14H16N4S2/c1-8-7-19-14(17-8)20-13-10(12(15)16)6-9-4-2-3-5-11(9)18-13/h6-7H,2-5H2,1H3,(H3,15,16). The van der Waals surface area contributed by atoms with E-state index in [0.29, 0.717) is 0 Å². The molecule has 2 aromatic rings. The summed E-state index contributed by atoms with van der Waals surface area (Å²) in [6, 6.07) is 2.05. The summed E-state index contributed by atoms with van der Waals surface area (Å²) in [5.74, 6) is 0.0849. The molecule has 0 fully saturated rings. The third kappa shape index (κ3) is 2.71. The number of amidine groups is 1. The molecule has 2 heterocycles. The van der Waals surface area contributed by atoms with Crippen molar-refractivity contribution in [2.75, 3.05) is 0 Å². The molecule has 0 saturated heterocycles. The molecule has 104 valence electrons. The Labute approximate surface area is 126 Å². The fraction of sp³-hybridized carbons (Fsp3) is 0.357. The molecule has 0 spiro atoms. The molecule has 4 nitrogen and oxygen atoms in total. The van der Waals surface area contributed by atoms with Crippen LogP contribution in [0.15, 0.2) is 20.8 Å². The van der Waals surface area contributed by atoms with E-state index in [2.05, 4.69) is 4.98 Å². The summed E-state index contributed by atoms with van der Waals surface area (Å²) in [4.78, 5) is 9.20. The first-order valence-electron chi connectivity index (χ1n) is 6.60. The van der Waals surface area contributed by atoms with Gasteiger partial charge in [0.25, 0.3) is 0 Å². The Bertz CT molecular complexity index is 663. The van der Waals surface area contributed by atoms with Crippen LogP contribution in [0.2, 0.25) is 0 Å². The van der Waals surface area contributed by atoms with Crippen molar-refractivity contribution in [3.05, 3.63) is 34.0 Å². The summed E-state index contributed by atoms with van der Waals surface area (Å²) < 4.78 is 0.952. The maximum absolute atomic E-state index is 7.77. The minimum Gasteiger partial charge on any atom is -0.384 e. The van der Waals surface area contributed by atoms with Crippen LogP contribution in [0.3, 0.4) is 0 Å². The lowest BCUT2D eigenvalue weighted by Gasteiger charge is -2.17. The lowest BCUT2D eigenvalue weighted by Crippen LogP contribution is -2.16. The monoisotopic (exact) mass is 304 g/mol. The SMILES string of the molecule is Cc1csc(Sc2nc3c(cc2C(=N)N)CCCC3)n1. The molecule has 0 atom stereocenters. The highest BCUT2D eigenvalue weighted by atomic mass is 32.2. The van der Waals surface area contributed by atoms with E-state index in [4.69, 9.17) is 16.1 Å². The number of aromatic nitrogens is 2. The summed E-state index contributed by atoms with van der Waals surface area (Å²) in [5, 5.41) is 10.6. The Morgan fingerprint density at radius 3 is 2.85 bits per heavy atom. The van der Waals surface area contributed by atoms with E-state index in [-0.39, 0.29) is 5.84 Å². The molecular weight excluding hydrogens is 288 g/mol. The van der Waals surface area contributed by atoms with Crippen LogP contribution in [0, 0.1) is 12.3 Å². The van der Waals surface area contributed by atoms with E-state index in [9.17, 15) is 0 Å². The summed E-state index contributed by atoms with van der Waals surface area (Å²) in [5.41, 5.74) is 9.89. The van der Waals surface area contributed by atoms with Gasteiger partial charge in [-0.15, -0.1) is 11.3 Å². The van der Waals surface area contributed by atoms with Crippen molar-refractivity contribution < 1.29 is 0 Å². The van der Waals surface area contributed by atoms with Crippen LogP contribution in [0.5, 0.6) is 0 Å². The highest BCUT2D eigenvalue weighted by Gasteiger charge is 2.18. The predicted octanol–water partition coefficient (Wildman–Crippen LogP) is 3.16. The average molecular weight is 304 g/mol. The van der Waals surface area contributed by atoms with E-state index in [0.717, 1.165) is 39.2 Å². The molecule has 20 heavy (non-hydrogen) atoms. The van der Waals surface area contributed by atoms with Crippen molar-refractivity contribution in [3.8, 4) is 0 Å².